The van der Waals surface area contributed by atoms with E-state index >= 15 is 0 Å². The number of amides is 1. The standard InChI is InChI=1S/C24H34ClN5O6/c1-23(2,3)36-22(32)29-6-7-30-16(12-29)13-34-20(31)17-18(25)26-21(27-19(17)30)35-15-24(4-5-24)14-28-8-10-33-11-9-28/h16H,4-15H2,1-3H3/t16-/m1/s1. The van der Waals surface area contributed by atoms with Gasteiger partial charge in [0.05, 0.1) is 25.9 Å². The number of anilines is 1. The van der Waals surface area contributed by atoms with E-state index in [-0.39, 0.29) is 34.8 Å². The number of halogens is 1. The van der Waals surface area contributed by atoms with Crippen LogP contribution < -0.4 is 9.64 Å². The number of fused-ring (bicyclic) bond motifs is 3. The molecule has 3 fully saturated rings. The second-order valence-electron chi connectivity index (χ2n) is 11.0. The number of carbonyl (C=O) groups is 2. The van der Waals surface area contributed by atoms with Crippen molar-refractivity contribution in [3.8, 4) is 6.01 Å². The predicted molar refractivity (Wildman–Crippen MR) is 131 cm³/mol. The third-order valence-corrected chi connectivity index (χ3v) is 7.24. The van der Waals surface area contributed by atoms with Crippen molar-refractivity contribution in [2.75, 3.05) is 70.6 Å². The smallest absolute Gasteiger partial charge is 0.410 e. The Labute approximate surface area is 216 Å². The molecule has 11 nitrogen and oxygen atoms in total. The number of nitrogens with zero attached hydrogens (tertiary/aromatic N) is 5. The minimum absolute atomic E-state index is 0.00764. The number of cyclic esters (lactones) is 1. The number of piperazine rings is 1. The molecule has 12 heteroatoms. The van der Waals surface area contributed by atoms with Crippen molar-refractivity contribution in [2.24, 2.45) is 5.41 Å². The van der Waals surface area contributed by atoms with E-state index < -0.39 is 17.7 Å². The molecule has 0 aromatic carbocycles. The molecule has 0 bridgehead atoms. The molecule has 3 aliphatic heterocycles. The monoisotopic (exact) mass is 523 g/mol. The number of carbonyl (C=O) groups excluding carboxylic acids is 2. The molecule has 0 radical (unpaired) electrons. The van der Waals surface area contributed by atoms with Crippen LogP contribution in [-0.2, 0) is 14.2 Å². The number of esters is 1. The van der Waals surface area contributed by atoms with Crippen molar-refractivity contribution < 1.29 is 28.5 Å². The Kier molecular flexibility index (Phi) is 6.90. The average molecular weight is 524 g/mol. The Morgan fingerprint density at radius 3 is 2.61 bits per heavy atom. The first-order chi connectivity index (χ1) is 17.1. The van der Waals surface area contributed by atoms with E-state index in [2.05, 4.69) is 14.9 Å². The highest BCUT2D eigenvalue weighted by molar-refractivity contribution is 6.33. The molecule has 36 heavy (non-hydrogen) atoms. The van der Waals surface area contributed by atoms with Gasteiger partial charge < -0.3 is 28.7 Å². The van der Waals surface area contributed by atoms with Crippen LogP contribution in [0.25, 0.3) is 0 Å². The van der Waals surface area contributed by atoms with Crippen molar-refractivity contribution in [3.63, 3.8) is 0 Å². The quantitative estimate of drug-likeness (QED) is 0.421. The normalized spacial score (nSPS) is 23.8. The van der Waals surface area contributed by atoms with Crippen LogP contribution in [0.5, 0.6) is 6.01 Å². The SMILES string of the molecule is CC(C)(C)OC(=O)N1CCN2c3nc(OCC4(CN5CCOCC5)CC4)nc(Cl)c3C(=O)OC[C@H]2C1. The second kappa shape index (κ2) is 9.83. The van der Waals surface area contributed by atoms with E-state index in [9.17, 15) is 9.59 Å². The minimum atomic E-state index is -0.593. The fraction of sp³-hybridized carbons (Fsp3) is 0.750. The van der Waals surface area contributed by atoms with E-state index in [0.29, 0.717) is 32.1 Å². The lowest BCUT2D eigenvalue weighted by Crippen LogP contribution is -2.57. The number of hydrogen-bond donors (Lipinski definition) is 0. The van der Waals surface area contributed by atoms with Crippen LogP contribution in [0.1, 0.15) is 44.0 Å². The van der Waals surface area contributed by atoms with Crippen molar-refractivity contribution in [1.82, 2.24) is 19.8 Å². The van der Waals surface area contributed by atoms with Gasteiger partial charge >= 0.3 is 18.1 Å². The lowest BCUT2D eigenvalue weighted by Gasteiger charge is -2.41. The Bertz CT molecular complexity index is 1010. The van der Waals surface area contributed by atoms with Crippen LogP contribution in [0, 0.1) is 5.41 Å². The third kappa shape index (κ3) is 5.63. The van der Waals surface area contributed by atoms with Gasteiger partial charge in [0, 0.05) is 44.7 Å². The molecule has 0 spiro atoms. The first-order valence-electron chi connectivity index (χ1n) is 12.5. The van der Waals surface area contributed by atoms with Gasteiger partial charge in [-0.25, -0.2) is 9.59 Å². The van der Waals surface area contributed by atoms with E-state index in [1.54, 1.807) is 4.90 Å². The van der Waals surface area contributed by atoms with Crippen LogP contribution in [0.4, 0.5) is 10.6 Å². The van der Waals surface area contributed by atoms with Gasteiger partial charge in [0.15, 0.2) is 11.0 Å². The second-order valence-corrected chi connectivity index (χ2v) is 11.4. The molecule has 198 valence electrons. The van der Waals surface area contributed by atoms with Crippen molar-refractivity contribution in [2.45, 2.75) is 45.3 Å². The Morgan fingerprint density at radius 2 is 1.92 bits per heavy atom. The molecule has 1 aliphatic carbocycles. The first-order valence-corrected chi connectivity index (χ1v) is 12.9. The molecule has 0 N–H and O–H groups in total. The zero-order valence-corrected chi connectivity index (χ0v) is 21.9. The topological polar surface area (TPSA) is 107 Å². The van der Waals surface area contributed by atoms with Crippen LogP contribution in [0.2, 0.25) is 5.15 Å². The molecular weight excluding hydrogens is 490 g/mol. The largest absolute Gasteiger partial charge is 0.463 e. The summed E-state index contributed by atoms with van der Waals surface area (Å²) in [5.74, 6) is -0.190. The van der Waals surface area contributed by atoms with Crippen molar-refractivity contribution in [3.05, 3.63) is 10.7 Å². The molecular formula is C24H34ClN5O6. The van der Waals surface area contributed by atoms with Gasteiger partial charge in [0.2, 0.25) is 0 Å². The molecule has 4 aliphatic rings. The highest BCUT2D eigenvalue weighted by Crippen LogP contribution is 2.46. The Balaban J connectivity index is 1.30. The van der Waals surface area contributed by atoms with Gasteiger partial charge in [-0.1, -0.05) is 11.6 Å². The molecule has 1 amide bonds. The molecule has 4 heterocycles. The molecule has 2 saturated heterocycles. The summed E-state index contributed by atoms with van der Waals surface area (Å²) >= 11 is 6.45. The average Bonchev–Trinajstić information content (AvgIpc) is 3.61. The summed E-state index contributed by atoms with van der Waals surface area (Å²) in [5.41, 5.74) is -0.378. The highest BCUT2D eigenvalue weighted by Gasteiger charge is 2.45. The minimum Gasteiger partial charge on any atom is -0.463 e. The van der Waals surface area contributed by atoms with Gasteiger partial charge in [-0.15, -0.1) is 0 Å². The van der Waals surface area contributed by atoms with Crippen LogP contribution in [-0.4, -0.2) is 109 Å². The number of ether oxygens (including phenoxy) is 4. The van der Waals surface area contributed by atoms with E-state index in [4.69, 9.17) is 30.5 Å². The van der Waals surface area contributed by atoms with Crippen LogP contribution >= 0.6 is 11.6 Å². The summed E-state index contributed by atoms with van der Waals surface area (Å²) in [6.07, 6.45) is 1.78. The van der Waals surface area contributed by atoms with Crippen molar-refractivity contribution >= 4 is 29.5 Å². The summed E-state index contributed by atoms with van der Waals surface area (Å²) in [5, 5.41) is 0.00764. The summed E-state index contributed by atoms with van der Waals surface area (Å²) in [7, 11) is 0. The van der Waals surface area contributed by atoms with Gasteiger partial charge in [-0.2, -0.15) is 9.97 Å². The highest BCUT2D eigenvalue weighted by atomic mass is 35.5. The molecule has 5 rings (SSSR count). The number of morpholine rings is 1. The maximum atomic E-state index is 12.8. The van der Waals surface area contributed by atoms with Crippen molar-refractivity contribution in [1.29, 1.82) is 0 Å². The lowest BCUT2D eigenvalue weighted by molar-refractivity contribution is 0.0180. The molecule has 1 atom stereocenters. The molecule has 1 saturated carbocycles. The van der Waals surface area contributed by atoms with Crippen LogP contribution in [0.3, 0.4) is 0 Å². The summed E-state index contributed by atoms with van der Waals surface area (Å²) < 4.78 is 22.5. The maximum absolute atomic E-state index is 12.8. The molecule has 0 unspecified atom stereocenters. The van der Waals surface area contributed by atoms with E-state index in [0.717, 1.165) is 45.7 Å². The Morgan fingerprint density at radius 1 is 1.17 bits per heavy atom. The summed E-state index contributed by atoms with van der Waals surface area (Å²) in [6, 6.07) is -0.138. The number of rotatable bonds is 5. The fourth-order valence-corrected chi connectivity index (χ4v) is 5.07. The predicted octanol–water partition coefficient (Wildman–Crippen LogP) is 2.22. The lowest BCUT2D eigenvalue weighted by atomic mass is 10.1. The third-order valence-electron chi connectivity index (χ3n) is 6.97. The van der Waals surface area contributed by atoms with Gasteiger partial charge in [-0.3, -0.25) is 4.90 Å². The summed E-state index contributed by atoms with van der Waals surface area (Å²) in [6.45, 7) is 11.6. The van der Waals surface area contributed by atoms with E-state index in [1.165, 1.54) is 0 Å². The number of hydrogen-bond acceptors (Lipinski definition) is 10. The molecule has 1 aromatic rings. The zero-order valence-electron chi connectivity index (χ0n) is 21.1. The van der Waals surface area contributed by atoms with Gasteiger partial charge in [0.25, 0.3) is 0 Å². The van der Waals surface area contributed by atoms with Gasteiger partial charge in [-0.05, 0) is 33.6 Å². The fourth-order valence-electron chi connectivity index (χ4n) is 4.84. The number of aromatic nitrogens is 2. The van der Waals surface area contributed by atoms with E-state index in [1.807, 2.05) is 25.7 Å². The Hall–Kier alpha value is -2.37. The zero-order chi connectivity index (χ0) is 25.5. The summed E-state index contributed by atoms with van der Waals surface area (Å²) in [4.78, 5) is 40.3. The maximum Gasteiger partial charge on any atom is 0.410 e. The molecule has 1 aromatic heterocycles. The first kappa shape index (κ1) is 25.3. The van der Waals surface area contributed by atoms with Gasteiger partial charge in [0.1, 0.15) is 17.8 Å². The van der Waals surface area contributed by atoms with Crippen LogP contribution in [0.15, 0.2) is 0 Å².